The quantitative estimate of drug-likeness (QED) is 0.514. The molecular weight excluding hydrogens is 332 g/mol. The van der Waals surface area contributed by atoms with E-state index in [1.165, 1.54) is 0 Å². The highest BCUT2D eigenvalue weighted by Gasteiger charge is 2.19. The molecule has 2 N–H and O–H groups in total. The van der Waals surface area contributed by atoms with Gasteiger partial charge in [-0.05, 0) is 37.2 Å². The first-order chi connectivity index (χ1) is 12.3. The maximum absolute atomic E-state index is 5.40. The van der Waals surface area contributed by atoms with E-state index in [1.54, 1.807) is 28.4 Å². The second-order valence-electron chi connectivity index (χ2n) is 7.21. The van der Waals surface area contributed by atoms with Gasteiger partial charge in [0.25, 0.3) is 0 Å². The predicted octanol–water partition coefficient (Wildman–Crippen LogP) is 1.97. The van der Waals surface area contributed by atoms with E-state index in [0.29, 0.717) is 23.8 Å². The largest absolute Gasteiger partial charge is 0.493 e. The molecule has 0 bridgehead atoms. The molecule has 0 fully saturated rings. The van der Waals surface area contributed by atoms with Gasteiger partial charge in [0.1, 0.15) is 0 Å². The Kier molecular flexibility index (Phi) is 8.51. The van der Waals surface area contributed by atoms with Crippen molar-refractivity contribution in [2.24, 2.45) is 10.4 Å². The highest BCUT2D eigenvalue weighted by molar-refractivity contribution is 5.79. The van der Waals surface area contributed by atoms with Crippen LogP contribution in [0.4, 0.5) is 0 Å². The van der Waals surface area contributed by atoms with E-state index >= 15 is 0 Å². The van der Waals surface area contributed by atoms with Crippen LogP contribution in [0.1, 0.15) is 19.4 Å². The van der Waals surface area contributed by atoms with E-state index < -0.39 is 0 Å². The summed E-state index contributed by atoms with van der Waals surface area (Å²) in [5.74, 6) is 2.62. The van der Waals surface area contributed by atoms with Crippen LogP contribution in [-0.2, 0) is 6.54 Å². The predicted molar refractivity (Wildman–Crippen MR) is 107 cm³/mol. The lowest BCUT2D eigenvalue weighted by atomic mass is 9.93. The summed E-state index contributed by atoms with van der Waals surface area (Å²) in [6.45, 7) is 6.85. The molecule has 0 radical (unpaired) electrons. The molecule has 0 saturated carbocycles. The normalized spacial score (nSPS) is 12.1. The second-order valence-corrected chi connectivity index (χ2v) is 7.21. The number of nitrogens with one attached hydrogen (secondary N) is 2. The number of ether oxygens (including phenoxy) is 3. The standard InChI is InChI=1S/C19H34N4O3/c1-19(2,13-23(4)5)12-22-18(20-3)21-11-14-9-15(24-6)17(26-8)16(10-14)25-7/h9-10H,11-13H2,1-8H3,(H2,20,21,22). The van der Waals surface area contributed by atoms with Crippen LogP contribution in [0.5, 0.6) is 17.2 Å². The molecule has 0 aliphatic rings. The van der Waals surface area contributed by atoms with Gasteiger partial charge in [-0.1, -0.05) is 13.8 Å². The summed E-state index contributed by atoms with van der Waals surface area (Å²) >= 11 is 0. The molecule has 1 aromatic rings. The summed E-state index contributed by atoms with van der Waals surface area (Å²) in [5.41, 5.74) is 1.14. The summed E-state index contributed by atoms with van der Waals surface area (Å²) in [5, 5.41) is 6.72. The summed E-state index contributed by atoms with van der Waals surface area (Å²) in [7, 11) is 10.8. The van der Waals surface area contributed by atoms with Crippen molar-refractivity contribution in [1.82, 2.24) is 15.5 Å². The molecule has 7 heteroatoms. The topological polar surface area (TPSA) is 67.4 Å². The number of aliphatic imine (C=N–C) groups is 1. The van der Waals surface area contributed by atoms with Crippen LogP contribution in [0, 0.1) is 5.41 Å². The van der Waals surface area contributed by atoms with Crippen molar-refractivity contribution in [3.63, 3.8) is 0 Å². The summed E-state index contributed by atoms with van der Waals surface area (Å²) in [6.07, 6.45) is 0. The zero-order chi connectivity index (χ0) is 19.7. The lowest BCUT2D eigenvalue weighted by molar-refractivity contribution is 0.241. The van der Waals surface area contributed by atoms with Gasteiger partial charge in [-0.3, -0.25) is 4.99 Å². The third-order valence-electron chi connectivity index (χ3n) is 3.89. The summed E-state index contributed by atoms with van der Waals surface area (Å²) in [4.78, 5) is 6.49. The number of guanidine groups is 1. The van der Waals surface area contributed by atoms with Crippen molar-refractivity contribution in [1.29, 1.82) is 0 Å². The SMILES string of the molecule is CN=C(NCc1cc(OC)c(OC)c(OC)c1)NCC(C)(C)CN(C)C. The third-order valence-corrected chi connectivity index (χ3v) is 3.89. The highest BCUT2D eigenvalue weighted by atomic mass is 16.5. The van der Waals surface area contributed by atoms with E-state index in [4.69, 9.17) is 14.2 Å². The van der Waals surface area contributed by atoms with Gasteiger partial charge >= 0.3 is 0 Å². The molecule has 148 valence electrons. The van der Waals surface area contributed by atoms with Crippen molar-refractivity contribution < 1.29 is 14.2 Å². The Morgan fingerprint density at radius 1 is 1.04 bits per heavy atom. The fourth-order valence-electron chi connectivity index (χ4n) is 2.88. The van der Waals surface area contributed by atoms with Crippen LogP contribution in [0.2, 0.25) is 0 Å². The number of nitrogens with zero attached hydrogens (tertiary/aromatic N) is 2. The van der Waals surface area contributed by atoms with Crippen molar-refractivity contribution in [2.45, 2.75) is 20.4 Å². The maximum atomic E-state index is 5.40. The maximum Gasteiger partial charge on any atom is 0.203 e. The highest BCUT2D eigenvalue weighted by Crippen LogP contribution is 2.38. The minimum absolute atomic E-state index is 0.133. The van der Waals surface area contributed by atoms with Crippen molar-refractivity contribution >= 4 is 5.96 Å². The number of methoxy groups -OCH3 is 3. The molecule has 26 heavy (non-hydrogen) atoms. The molecule has 0 saturated heterocycles. The number of hydrogen-bond donors (Lipinski definition) is 2. The lowest BCUT2D eigenvalue weighted by Gasteiger charge is -2.29. The summed E-state index contributed by atoms with van der Waals surface area (Å²) < 4.78 is 16.2. The monoisotopic (exact) mass is 366 g/mol. The van der Waals surface area contributed by atoms with Crippen molar-refractivity contribution in [2.75, 3.05) is 55.6 Å². The minimum Gasteiger partial charge on any atom is -0.493 e. The van der Waals surface area contributed by atoms with Crippen molar-refractivity contribution in [3.05, 3.63) is 17.7 Å². The van der Waals surface area contributed by atoms with E-state index in [-0.39, 0.29) is 5.41 Å². The molecule has 0 spiro atoms. The Hall–Kier alpha value is -2.15. The van der Waals surface area contributed by atoms with Crippen molar-refractivity contribution in [3.8, 4) is 17.2 Å². The molecule has 0 atom stereocenters. The van der Waals surface area contributed by atoms with Gasteiger partial charge in [-0.2, -0.15) is 0 Å². The molecule has 0 unspecified atom stereocenters. The first-order valence-corrected chi connectivity index (χ1v) is 8.64. The Bertz CT molecular complexity index is 575. The third kappa shape index (κ3) is 6.63. The average molecular weight is 367 g/mol. The van der Waals surface area contributed by atoms with E-state index in [1.807, 2.05) is 12.1 Å². The molecule has 0 heterocycles. The van der Waals surface area contributed by atoms with Gasteiger partial charge in [0.2, 0.25) is 5.75 Å². The molecule has 7 nitrogen and oxygen atoms in total. The molecule has 0 aliphatic carbocycles. The molecular formula is C19H34N4O3. The van der Waals surface area contributed by atoms with Crippen LogP contribution in [0.3, 0.4) is 0 Å². The Morgan fingerprint density at radius 3 is 2.04 bits per heavy atom. The van der Waals surface area contributed by atoms with E-state index in [9.17, 15) is 0 Å². The van der Waals surface area contributed by atoms with E-state index in [2.05, 4.69) is 48.5 Å². The van der Waals surface area contributed by atoms with Crippen LogP contribution in [-0.4, -0.2) is 66.4 Å². The van der Waals surface area contributed by atoms with E-state index in [0.717, 1.165) is 24.6 Å². The number of rotatable bonds is 9. The van der Waals surface area contributed by atoms with Gasteiger partial charge in [-0.15, -0.1) is 0 Å². The fourth-order valence-corrected chi connectivity index (χ4v) is 2.88. The van der Waals surface area contributed by atoms with Gasteiger partial charge in [0.15, 0.2) is 17.5 Å². The zero-order valence-corrected chi connectivity index (χ0v) is 17.4. The lowest BCUT2D eigenvalue weighted by Crippen LogP contribution is -2.44. The molecule has 1 rings (SSSR count). The van der Waals surface area contributed by atoms with Gasteiger partial charge in [-0.25, -0.2) is 0 Å². The molecule has 0 amide bonds. The fraction of sp³-hybridized carbons (Fsp3) is 0.632. The van der Waals surface area contributed by atoms with Crippen LogP contribution < -0.4 is 24.8 Å². The molecule has 1 aromatic carbocycles. The average Bonchev–Trinajstić information content (AvgIpc) is 2.59. The second kappa shape index (κ2) is 10.1. The van der Waals surface area contributed by atoms with Gasteiger partial charge in [0.05, 0.1) is 21.3 Å². The Balaban J connectivity index is 2.74. The Morgan fingerprint density at radius 2 is 1.62 bits per heavy atom. The molecule has 0 aliphatic heterocycles. The summed E-state index contributed by atoms with van der Waals surface area (Å²) in [6, 6.07) is 3.86. The molecule has 0 aromatic heterocycles. The van der Waals surface area contributed by atoms with Gasteiger partial charge < -0.3 is 29.7 Å². The Labute approximate surface area is 157 Å². The first-order valence-electron chi connectivity index (χ1n) is 8.64. The number of hydrogen-bond acceptors (Lipinski definition) is 5. The van der Waals surface area contributed by atoms with Gasteiger partial charge in [0, 0.05) is 26.7 Å². The van der Waals surface area contributed by atoms with Crippen LogP contribution in [0.15, 0.2) is 17.1 Å². The minimum atomic E-state index is 0.133. The van der Waals surface area contributed by atoms with Crippen LogP contribution >= 0.6 is 0 Å². The zero-order valence-electron chi connectivity index (χ0n) is 17.4. The smallest absolute Gasteiger partial charge is 0.203 e. The van der Waals surface area contributed by atoms with Crippen LogP contribution in [0.25, 0.3) is 0 Å². The number of benzene rings is 1. The first kappa shape index (κ1) is 21.9.